The van der Waals surface area contributed by atoms with Gasteiger partial charge in [0.15, 0.2) is 0 Å². The summed E-state index contributed by atoms with van der Waals surface area (Å²) in [6.45, 7) is 1.04. The molecule has 0 saturated carbocycles. The van der Waals surface area contributed by atoms with Crippen LogP contribution in [-0.2, 0) is 6.42 Å². The third kappa shape index (κ3) is 2.24. The van der Waals surface area contributed by atoms with Crippen molar-refractivity contribution in [3.8, 4) is 0 Å². The van der Waals surface area contributed by atoms with E-state index in [-0.39, 0.29) is 5.91 Å². The summed E-state index contributed by atoms with van der Waals surface area (Å²) in [5.41, 5.74) is 3.34. The molecule has 1 aliphatic rings. The van der Waals surface area contributed by atoms with E-state index in [2.05, 4.69) is 16.7 Å². The second kappa shape index (κ2) is 4.82. The first-order valence-electron chi connectivity index (χ1n) is 6.04. The van der Waals surface area contributed by atoms with Crippen molar-refractivity contribution in [2.24, 2.45) is 0 Å². The minimum Gasteiger partial charge on any atom is -0.385 e. The zero-order chi connectivity index (χ0) is 12.4. The van der Waals surface area contributed by atoms with Crippen LogP contribution in [0.4, 0.5) is 11.4 Å². The van der Waals surface area contributed by atoms with Crippen molar-refractivity contribution >= 4 is 28.6 Å². The van der Waals surface area contributed by atoms with Crippen LogP contribution in [-0.4, -0.2) is 12.5 Å². The van der Waals surface area contributed by atoms with E-state index in [1.807, 2.05) is 29.6 Å². The van der Waals surface area contributed by atoms with Gasteiger partial charge in [-0.25, -0.2) is 0 Å². The summed E-state index contributed by atoms with van der Waals surface area (Å²) in [7, 11) is 0. The lowest BCUT2D eigenvalue weighted by atomic mass is 10.0. The average Bonchev–Trinajstić information content (AvgIpc) is 2.92. The van der Waals surface area contributed by atoms with Crippen molar-refractivity contribution in [3.63, 3.8) is 0 Å². The highest BCUT2D eigenvalue weighted by molar-refractivity contribution is 7.12. The van der Waals surface area contributed by atoms with E-state index in [1.54, 1.807) is 0 Å². The van der Waals surface area contributed by atoms with E-state index in [9.17, 15) is 4.79 Å². The number of nitrogens with one attached hydrogen (secondary N) is 2. The number of amides is 1. The SMILES string of the molecule is O=C(Nc1ccc2c(c1)CCCN2)c1cccs1. The molecule has 4 heteroatoms. The predicted molar refractivity (Wildman–Crippen MR) is 75.5 cm³/mol. The largest absolute Gasteiger partial charge is 0.385 e. The van der Waals surface area contributed by atoms with Crippen LogP contribution in [0.25, 0.3) is 0 Å². The quantitative estimate of drug-likeness (QED) is 0.867. The van der Waals surface area contributed by atoms with E-state index in [4.69, 9.17) is 0 Å². The monoisotopic (exact) mass is 258 g/mol. The predicted octanol–water partition coefficient (Wildman–Crippen LogP) is 3.36. The molecule has 2 N–H and O–H groups in total. The Labute approximate surface area is 110 Å². The molecule has 92 valence electrons. The number of carbonyl (C=O) groups excluding carboxylic acids is 1. The van der Waals surface area contributed by atoms with Crippen molar-refractivity contribution in [1.82, 2.24) is 0 Å². The Kier molecular flexibility index (Phi) is 3.02. The third-order valence-corrected chi connectivity index (χ3v) is 3.92. The van der Waals surface area contributed by atoms with E-state index >= 15 is 0 Å². The van der Waals surface area contributed by atoms with Crippen LogP contribution in [0.5, 0.6) is 0 Å². The number of aryl methyl sites for hydroxylation is 1. The van der Waals surface area contributed by atoms with Crippen LogP contribution < -0.4 is 10.6 Å². The van der Waals surface area contributed by atoms with Crippen molar-refractivity contribution in [2.75, 3.05) is 17.2 Å². The molecule has 0 atom stereocenters. The molecular weight excluding hydrogens is 244 g/mol. The number of thiophene rings is 1. The maximum atomic E-state index is 11.9. The Balaban J connectivity index is 1.79. The number of carbonyl (C=O) groups is 1. The topological polar surface area (TPSA) is 41.1 Å². The Morgan fingerprint density at radius 3 is 3.11 bits per heavy atom. The molecule has 0 spiro atoms. The second-order valence-corrected chi connectivity index (χ2v) is 5.28. The number of rotatable bonds is 2. The van der Waals surface area contributed by atoms with E-state index in [0.717, 1.165) is 30.0 Å². The normalized spacial score (nSPS) is 13.6. The van der Waals surface area contributed by atoms with Crippen molar-refractivity contribution in [2.45, 2.75) is 12.8 Å². The highest BCUT2D eigenvalue weighted by atomic mass is 32.1. The van der Waals surface area contributed by atoms with Gasteiger partial charge in [0.2, 0.25) is 0 Å². The fraction of sp³-hybridized carbons (Fsp3) is 0.214. The number of anilines is 2. The summed E-state index contributed by atoms with van der Waals surface area (Å²) in [4.78, 5) is 12.7. The third-order valence-electron chi connectivity index (χ3n) is 3.05. The maximum absolute atomic E-state index is 11.9. The first-order valence-corrected chi connectivity index (χ1v) is 6.92. The van der Waals surface area contributed by atoms with Crippen molar-refractivity contribution in [1.29, 1.82) is 0 Å². The minimum absolute atomic E-state index is 0.0336. The molecule has 0 bridgehead atoms. The van der Waals surface area contributed by atoms with Gasteiger partial charge in [-0.15, -0.1) is 11.3 Å². The van der Waals surface area contributed by atoms with Crippen LogP contribution in [0.15, 0.2) is 35.7 Å². The molecule has 0 radical (unpaired) electrons. The Bertz CT molecular complexity index is 563. The summed E-state index contributed by atoms with van der Waals surface area (Å²) in [6.07, 6.45) is 2.22. The molecule has 1 amide bonds. The lowest BCUT2D eigenvalue weighted by Gasteiger charge is -2.18. The van der Waals surface area contributed by atoms with Crippen molar-refractivity contribution in [3.05, 3.63) is 46.2 Å². The van der Waals surface area contributed by atoms with Crippen molar-refractivity contribution < 1.29 is 4.79 Å². The fourth-order valence-electron chi connectivity index (χ4n) is 2.15. The average molecular weight is 258 g/mol. The van der Waals surface area contributed by atoms with Crippen LogP contribution >= 0.6 is 11.3 Å². The van der Waals surface area contributed by atoms with E-state index in [0.29, 0.717) is 0 Å². The molecule has 3 nitrogen and oxygen atoms in total. The molecule has 18 heavy (non-hydrogen) atoms. The van der Waals surface area contributed by atoms with Gasteiger partial charge in [0.1, 0.15) is 0 Å². The minimum atomic E-state index is -0.0336. The second-order valence-electron chi connectivity index (χ2n) is 4.33. The van der Waals surface area contributed by atoms with Gasteiger partial charge in [0.05, 0.1) is 4.88 Å². The molecular formula is C14H14N2OS. The van der Waals surface area contributed by atoms with Crippen LogP contribution in [0.3, 0.4) is 0 Å². The molecule has 0 aliphatic carbocycles. The lowest BCUT2D eigenvalue weighted by molar-refractivity contribution is 0.103. The van der Waals surface area contributed by atoms with Crippen LogP contribution in [0.1, 0.15) is 21.7 Å². The van der Waals surface area contributed by atoms with Gasteiger partial charge in [-0.1, -0.05) is 6.07 Å². The smallest absolute Gasteiger partial charge is 0.265 e. The number of hydrogen-bond donors (Lipinski definition) is 2. The molecule has 1 aliphatic heterocycles. The van der Waals surface area contributed by atoms with E-state index < -0.39 is 0 Å². The molecule has 1 aromatic heterocycles. The fourth-order valence-corrected chi connectivity index (χ4v) is 2.77. The number of benzene rings is 1. The molecule has 3 rings (SSSR count). The zero-order valence-corrected chi connectivity index (χ0v) is 10.7. The number of fused-ring (bicyclic) bond motifs is 1. The molecule has 2 aromatic rings. The first kappa shape index (κ1) is 11.3. The van der Waals surface area contributed by atoms with Gasteiger partial charge in [-0.05, 0) is 48.1 Å². The molecule has 1 aromatic carbocycles. The molecule has 2 heterocycles. The van der Waals surface area contributed by atoms with Crippen LogP contribution in [0, 0.1) is 0 Å². The summed E-state index contributed by atoms with van der Waals surface area (Å²) in [6, 6.07) is 9.77. The summed E-state index contributed by atoms with van der Waals surface area (Å²) >= 11 is 1.45. The Morgan fingerprint density at radius 1 is 1.33 bits per heavy atom. The standard InChI is InChI=1S/C14H14N2OS/c17-14(13-4-2-8-18-13)16-11-5-6-12-10(9-11)3-1-7-15-12/h2,4-6,8-9,15H,1,3,7H2,(H,16,17). The Morgan fingerprint density at radius 2 is 2.28 bits per heavy atom. The van der Waals surface area contributed by atoms with Gasteiger partial charge >= 0.3 is 0 Å². The highest BCUT2D eigenvalue weighted by Gasteiger charge is 2.11. The van der Waals surface area contributed by atoms with Gasteiger partial charge in [0, 0.05) is 17.9 Å². The summed E-state index contributed by atoms with van der Waals surface area (Å²) in [5.74, 6) is -0.0336. The van der Waals surface area contributed by atoms with Crippen LogP contribution in [0.2, 0.25) is 0 Å². The lowest BCUT2D eigenvalue weighted by Crippen LogP contribution is -2.14. The number of hydrogen-bond acceptors (Lipinski definition) is 3. The highest BCUT2D eigenvalue weighted by Crippen LogP contribution is 2.25. The Hall–Kier alpha value is -1.81. The van der Waals surface area contributed by atoms with Gasteiger partial charge in [0.25, 0.3) is 5.91 Å². The maximum Gasteiger partial charge on any atom is 0.265 e. The summed E-state index contributed by atoms with van der Waals surface area (Å²) < 4.78 is 0. The first-order chi connectivity index (χ1) is 8.83. The summed E-state index contributed by atoms with van der Waals surface area (Å²) in [5, 5.41) is 8.21. The van der Waals surface area contributed by atoms with Gasteiger partial charge in [-0.2, -0.15) is 0 Å². The molecule has 0 saturated heterocycles. The van der Waals surface area contributed by atoms with E-state index in [1.165, 1.54) is 22.6 Å². The van der Waals surface area contributed by atoms with Gasteiger partial charge < -0.3 is 10.6 Å². The zero-order valence-electron chi connectivity index (χ0n) is 9.90. The molecule has 0 unspecified atom stereocenters. The molecule has 0 fully saturated rings. The van der Waals surface area contributed by atoms with Gasteiger partial charge in [-0.3, -0.25) is 4.79 Å².